The molecular weight excluding hydrogens is 448 g/mol. The monoisotopic (exact) mass is 482 g/mol. The molecule has 0 saturated carbocycles. The molecule has 8 nitrogen and oxygen atoms in total. The maximum Gasteiger partial charge on any atom is 0.221 e. The highest BCUT2D eigenvalue weighted by molar-refractivity contribution is 5.88. The molecule has 1 amide bonds. The Bertz CT molecular complexity index is 980. The molecule has 0 aromatic heterocycles. The summed E-state index contributed by atoms with van der Waals surface area (Å²) < 4.78 is 24.6. The summed E-state index contributed by atoms with van der Waals surface area (Å²) in [6, 6.07) is 15.5. The molecule has 0 radical (unpaired) electrons. The number of amides is 1. The highest BCUT2D eigenvalue weighted by Gasteiger charge is 2.41. The molecule has 3 aliphatic heterocycles. The molecular formula is C27H34N2O6. The SMILES string of the molecule is CC(=O)Nc1ccc(C2OC(CN3CCC4(CC3)OCCO4)CC(c3ccc(CO)cc3)O2)cc1. The molecule has 35 heavy (non-hydrogen) atoms. The van der Waals surface area contributed by atoms with Crippen molar-refractivity contribution in [2.24, 2.45) is 0 Å². The fourth-order valence-electron chi connectivity index (χ4n) is 5.11. The fourth-order valence-corrected chi connectivity index (χ4v) is 5.11. The Morgan fingerprint density at radius 1 is 1.00 bits per heavy atom. The van der Waals surface area contributed by atoms with E-state index in [-0.39, 0.29) is 30.5 Å². The summed E-state index contributed by atoms with van der Waals surface area (Å²) in [6.45, 7) is 5.51. The lowest BCUT2D eigenvalue weighted by atomic mass is 9.98. The van der Waals surface area contributed by atoms with Gasteiger partial charge in [0.15, 0.2) is 12.1 Å². The molecule has 3 atom stereocenters. The number of nitrogens with zero attached hydrogens (tertiary/aromatic N) is 1. The number of carbonyl (C=O) groups excluding carboxylic acids is 1. The Morgan fingerprint density at radius 2 is 1.66 bits per heavy atom. The van der Waals surface area contributed by atoms with E-state index in [0.717, 1.165) is 61.3 Å². The van der Waals surface area contributed by atoms with Gasteiger partial charge in [-0.2, -0.15) is 0 Å². The van der Waals surface area contributed by atoms with E-state index in [0.29, 0.717) is 13.2 Å². The molecule has 2 aromatic rings. The summed E-state index contributed by atoms with van der Waals surface area (Å²) in [6.07, 6.45) is 1.84. The van der Waals surface area contributed by atoms with Gasteiger partial charge in [-0.25, -0.2) is 0 Å². The molecule has 0 bridgehead atoms. The molecule has 1 spiro atoms. The van der Waals surface area contributed by atoms with Gasteiger partial charge in [-0.1, -0.05) is 36.4 Å². The van der Waals surface area contributed by atoms with E-state index in [1.807, 2.05) is 48.5 Å². The van der Waals surface area contributed by atoms with Crippen molar-refractivity contribution in [2.45, 2.75) is 57.1 Å². The molecule has 5 rings (SSSR count). The smallest absolute Gasteiger partial charge is 0.221 e. The number of carbonyl (C=O) groups is 1. The zero-order chi connectivity index (χ0) is 24.3. The summed E-state index contributed by atoms with van der Waals surface area (Å²) in [5, 5.41) is 12.2. The van der Waals surface area contributed by atoms with Gasteiger partial charge in [-0.15, -0.1) is 0 Å². The van der Waals surface area contributed by atoms with Crippen molar-refractivity contribution in [2.75, 3.05) is 38.2 Å². The van der Waals surface area contributed by atoms with E-state index in [9.17, 15) is 9.90 Å². The second-order valence-corrected chi connectivity index (χ2v) is 9.56. The Hall–Kier alpha value is -2.33. The standard InChI is InChI=1S/C27H34N2O6/c1-19(31)28-23-8-6-22(7-9-23)26-34-24(16-25(35-26)21-4-2-20(18-30)3-5-21)17-29-12-10-27(11-13-29)32-14-15-33-27/h2-9,24-26,30H,10-18H2,1H3,(H,28,31). The summed E-state index contributed by atoms with van der Waals surface area (Å²) in [5.74, 6) is -0.492. The second kappa shape index (κ2) is 10.7. The van der Waals surface area contributed by atoms with Crippen LogP contribution in [0.25, 0.3) is 0 Å². The number of likely N-dealkylation sites (tertiary alicyclic amines) is 1. The first-order valence-electron chi connectivity index (χ1n) is 12.4. The number of benzene rings is 2. The Labute approximate surface area is 206 Å². The first-order chi connectivity index (χ1) is 17.0. The topological polar surface area (TPSA) is 89.5 Å². The van der Waals surface area contributed by atoms with Crippen molar-refractivity contribution < 1.29 is 28.8 Å². The minimum Gasteiger partial charge on any atom is -0.392 e. The number of hydrogen-bond donors (Lipinski definition) is 2. The minimum atomic E-state index is -0.514. The third-order valence-corrected chi connectivity index (χ3v) is 7.01. The lowest BCUT2D eigenvalue weighted by Gasteiger charge is -2.41. The molecule has 188 valence electrons. The second-order valence-electron chi connectivity index (χ2n) is 9.56. The van der Waals surface area contributed by atoms with Crippen LogP contribution in [0.3, 0.4) is 0 Å². The van der Waals surface area contributed by atoms with Crippen molar-refractivity contribution >= 4 is 11.6 Å². The predicted molar refractivity (Wildman–Crippen MR) is 129 cm³/mol. The Morgan fingerprint density at radius 3 is 2.29 bits per heavy atom. The number of ether oxygens (including phenoxy) is 4. The summed E-state index contributed by atoms with van der Waals surface area (Å²) in [7, 11) is 0. The van der Waals surface area contributed by atoms with Crippen molar-refractivity contribution in [3.63, 3.8) is 0 Å². The van der Waals surface area contributed by atoms with Crippen LogP contribution in [0, 0.1) is 0 Å². The highest BCUT2D eigenvalue weighted by Crippen LogP contribution is 2.39. The first kappa shape index (κ1) is 24.4. The first-order valence-corrected chi connectivity index (χ1v) is 12.4. The third kappa shape index (κ3) is 5.91. The largest absolute Gasteiger partial charge is 0.392 e. The molecule has 8 heteroatoms. The van der Waals surface area contributed by atoms with Gasteiger partial charge >= 0.3 is 0 Å². The lowest BCUT2D eigenvalue weighted by molar-refractivity contribution is -0.255. The maximum atomic E-state index is 11.4. The van der Waals surface area contributed by atoms with Gasteiger partial charge in [-0.3, -0.25) is 4.79 Å². The van der Waals surface area contributed by atoms with Gasteiger partial charge in [0.1, 0.15) is 0 Å². The number of nitrogens with one attached hydrogen (secondary N) is 1. The number of aliphatic hydroxyl groups excluding tert-OH is 1. The van der Waals surface area contributed by atoms with E-state index in [1.165, 1.54) is 6.92 Å². The third-order valence-electron chi connectivity index (χ3n) is 7.01. The molecule has 3 saturated heterocycles. The van der Waals surface area contributed by atoms with Crippen LogP contribution in [0.5, 0.6) is 0 Å². The number of piperidine rings is 1. The van der Waals surface area contributed by atoms with Gasteiger partial charge in [0.05, 0.1) is 32.0 Å². The van der Waals surface area contributed by atoms with Gasteiger partial charge in [0.2, 0.25) is 5.91 Å². The molecule has 2 N–H and O–H groups in total. The van der Waals surface area contributed by atoms with Crippen LogP contribution in [-0.2, 0) is 30.3 Å². The van der Waals surface area contributed by atoms with E-state index < -0.39 is 6.29 Å². The van der Waals surface area contributed by atoms with Gasteiger partial charge in [0.25, 0.3) is 0 Å². The molecule has 0 aliphatic carbocycles. The summed E-state index contributed by atoms with van der Waals surface area (Å²) in [5.41, 5.74) is 3.59. The van der Waals surface area contributed by atoms with Crippen molar-refractivity contribution in [1.82, 2.24) is 4.90 Å². The van der Waals surface area contributed by atoms with Crippen LogP contribution in [0.2, 0.25) is 0 Å². The highest BCUT2D eigenvalue weighted by atomic mass is 16.7. The van der Waals surface area contributed by atoms with E-state index in [1.54, 1.807) is 0 Å². The zero-order valence-electron chi connectivity index (χ0n) is 20.2. The van der Waals surface area contributed by atoms with Gasteiger partial charge in [-0.05, 0) is 23.3 Å². The zero-order valence-corrected chi connectivity index (χ0v) is 20.2. The molecule has 3 aliphatic rings. The molecule has 3 heterocycles. The summed E-state index contributed by atoms with van der Waals surface area (Å²) in [4.78, 5) is 13.8. The average molecular weight is 483 g/mol. The molecule has 3 fully saturated rings. The van der Waals surface area contributed by atoms with Crippen molar-refractivity contribution in [3.8, 4) is 0 Å². The van der Waals surface area contributed by atoms with Crippen LogP contribution in [-0.4, -0.2) is 60.7 Å². The summed E-state index contributed by atoms with van der Waals surface area (Å²) >= 11 is 0. The van der Waals surface area contributed by atoms with E-state index >= 15 is 0 Å². The fraction of sp³-hybridized carbons (Fsp3) is 0.519. The Kier molecular flexibility index (Phi) is 7.48. The van der Waals surface area contributed by atoms with Gasteiger partial charge in [0, 0.05) is 57.1 Å². The Balaban J connectivity index is 1.29. The lowest BCUT2D eigenvalue weighted by Crippen LogP contribution is -2.48. The molecule has 3 unspecified atom stereocenters. The van der Waals surface area contributed by atoms with Gasteiger partial charge < -0.3 is 34.3 Å². The van der Waals surface area contributed by atoms with E-state index in [4.69, 9.17) is 18.9 Å². The van der Waals surface area contributed by atoms with Crippen LogP contribution in [0.4, 0.5) is 5.69 Å². The van der Waals surface area contributed by atoms with Crippen LogP contribution >= 0.6 is 0 Å². The number of aliphatic hydroxyl groups is 1. The average Bonchev–Trinajstić information content (AvgIpc) is 3.33. The number of hydrogen-bond acceptors (Lipinski definition) is 7. The van der Waals surface area contributed by atoms with Crippen molar-refractivity contribution in [3.05, 3.63) is 65.2 Å². The minimum absolute atomic E-state index is 0.00856. The quantitative estimate of drug-likeness (QED) is 0.651. The van der Waals surface area contributed by atoms with E-state index in [2.05, 4.69) is 10.2 Å². The van der Waals surface area contributed by atoms with Crippen LogP contribution in [0.15, 0.2) is 48.5 Å². The normalized spacial score (nSPS) is 26.6. The number of rotatable bonds is 6. The van der Waals surface area contributed by atoms with Crippen LogP contribution in [0.1, 0.15) is 55.3 Å². The predicted octanol–water partition coefficient (Wildman–Crippen LogP) is 3.52. The van der Waals surface area contributed by atoms with Crippen LogP contribution < -0.4 is 5.32 Å². The van der Waals surface area contributed by atoms with Crippen molar-refractivity contribution in [1.29, 1.82) is 0 Å². The maximum absolute atomic E-state index is 11.4. The molecule has 2 aromatic carbocycles. The number of anilines is 1.